The average Bonchev–Trinajstić information content (AvgIpc) is 2.35. The number of likely N-dealkylation sites (tertiary alicyclic amines) is 1. The van der Waals surface area contributed by atoms with Crippen LogP contribution in [0.5, 0.6) is 0 Å². The van der Waals surface area contributed by atoms with Crippen LogP contribution in [0.4, 0.5) is 5.69 Å². The first-order valence-electron chi connectivity index (χ1n) is 5.93. The van der Waals surface area contributed by atoms with E-state index in [1.165, 1.54) is 0 Å². The summed E-state index contributed by atoms with van der Waals surface area (Å²) in [6.07, 6.45) is 1.10. The topological polar surface area (TPSA) is 49.4 Å². The first-order valence-corrected chi connectivity index (χ1v) is 6.31. The van der Waals surface area contributed by atoms with Crippen molar-refractivity contribution in [2.24, 2.45) is 0 Å². The van der Waals surface area contributed by atoms with Crippen LogP contribution in [0, 0.1) is 0 Å². The van der Waals surface area contributed by atoms with Gasteiger partial charge in [0, 0.05) is 36.6 Å². The Morgan fingerprint density at radius 2 is 1.83 bits per heavy atom. The Labute approximate surface area is 111 Å². The van der Waals surface area contributed by atoms with Crippen LogP contribution < -0.4 is 5.32 Å². The predicted molar refractivity (Wildman–Crippen MR) is 70.8 cm³/mol. The van der Waals surface area contributed by atoms with Crippen LogP contribution in [0.3, 0.4) is 0 Å². The van der Waals surface area contributed by atoms with Gasteiger partial charge >= 0.3 is 0 Å². The molecule has 1 aliphatic heterocycles. The Bertz CT molecular complexity index is 435. The van der Waals surface area contributed by atoms with Crippen molar-refractivity contribution in [2.45, 2.75) is 12.8 Å². The van der Waals surface area contributed by atoms with Crippen molar-refractivity contribution in [1.29, 1.82) is 0 Å². The first kappa shape index (κ1) is 13.1. The zero-order chi connectivity index (χ0) is 13.0. The molecule has 1 heterocycles. The first-order chi connectivity index (χ1) is 8.63. The highest BCUT2D eigenvalue weighted by Gasteiger charge is 2.18. The molecule has 0 radical (unpaired) electrons. The minimum Gasteiger partial charge on any atom is -0.325 e. The van der Waals surface area contributed by atoms with Crippen LogP contribution in [0.1, 0.15) is 12.8 Å². The summed E-state index contributed by atoms with van der Waals surface area (Å²) in [7, 11) is 0. The van der Waals surface area contributed by atoms with E-state index in [4.69, 9.17) is 11.6 Å². The minimum absolute atomic E-state index is 0.0633. The lowest BCUT2D eigenvalue weighted by Crippen LogP contribution is -2.39. The third kappa shape index (κ3) is 3.82. The molecule has 96 valence electrons. The van der Waals surface area contributed by atoms with Gasteiger partial charge in [0.05, 0.1) is 6.54 Å². The zero-order valence-electron chi connectivity index (χ0n) is 9.99. The van der Waals surface area contributed by atoms with Gasteiger partial charge in [0.25, 0.3) is 0 Å². The highest BCUT2D eigenvalue weighted by atomic mass is 35.5. The molecule has 2 rings (SSSR count). The number of amides is 1. The predicted octanol–water partition coefficient (Wildman–Crippen LogP) is 1.94. The minimum atomic E-state index is -0.0633. The van der Waals surface area contributed by atoms with Crippen LogP contribution in [0.25, 0.3) is 0 Å². The lowest BCUT2D eigenvalue weighted by atomic mass is 10.1. The van der Waals surface area contributed by atoms with E-state index in [1.807, 2.05) is 4.90 Å². The Balaban J connectivity index is 1.81. The maximum absolute atomic E-state index is 11.8. The second kappa shape index (κ2) is 5.98. The number of anilines is 1. The van der Waals surface area contributed by atoms with Gasteiger partial charge in [-0.2, -0.15) is 0 Å². The fourth-order valence-electron chi connectivity index (χ4n) is 1.90. The number of carbonyl (C=O) groups excluding carboxylic acids is 2. The molecule has 0 unspecified atom stereocenters. The standard InChI is InChI=1S/C13H15ClN2O2/c14-10-1-3-11(4-2-10)15-13(18)9-16-7-5-12(17)6-8-16/h1-4H,5-9H2,(H,15,18). The maximum atomic E-state index is 11.8. The monoisotopic (exact) mass is 266 g/mol. The summed E-state index contributed by atoms with van der Waals surface area (Å²) in [5.41, 5.74) is 0.734. The fraction of sp³-hybridized carbons (Fsp3) is 0.385. The van der Waals surface area contributed by atoms with Gasteiger partial charge in [-0.3, -0.25) is 14.5 Å². The van der Waals surface area contributed by atoms with Crippen molar-refractivity contribution in [3.05, 3.63) is 29.3 Å². The third-order valence-corrected chi connectivity index (χ3v) is 3.16. The van der Waals surface area contributed by atoms with Crippen molar-refractivity contribution < 1.29 is 9.59 Å². The number of carbonyl (C=O) groups is 2. The van der Waals surface area contributed by atoms with E-state index in [-0.39, 0.29) is 11.7 Å². The number of rotatable bonds is 3. The molecule has 0 aliphatic carbocycles. The normalized spacial score (nSPS) is 16.6. The largest absolute Gasteiger partial charge is 0.325 e. The van der Waals surface area contributed by atoms with Crippen LogP contribution in [0.15, 0.2) is 24.3 Å². The number of hydrogen-bond donors (Lipinski definition) is 1. The van der Waals surface area contributed by atoms with Crippen molar-refractivity contribution in [3.63, 3.8) is 0 Å². The van der Waals surface area contributed by atoms with Gasteiger partial charge in [-0.1, -0.05) is 11.6 Å². The molecule has 1 aromatic carbocycles. The number of benzene rings is 1. The second-order valence-corrected chi connectivity index (χ2v) is 4.81. The van der Waals surface area contributed by atoms with Gasteiger partial charge in [-0.15, -0.1) is 0 Å². The summed E-state index contributed by atoms with van der Waals surface area (Å²) < 4.78 is 0. The Hall–Kier alpha value is -1.39. The lowest BCUT2D eigenvalue weighted by molar-refractivity contribution is -0.124. The molecule has 0 atom stereocenters. The van der Waals surface area contributed by atoms with E-state index in [2.05, 4.69) is 5.32 Å². The second-order valence-electron chi connectivity index (χ2n) is 4.37. The van der Waals surface area contributed by atoms with Gasteiger partial charge in [0.2, 0.25) is 5.91 Å². The number of piperidine rings is 1. The molecule has 1 fully saturated rings. The molecule has 1 aliphatic rings. The number of nitrogens with zero attached hydrogens (tertiary/aromatic N) is 1. The van der Waals surface area contributed by atoms with Gasteiger partial charge in [0.15, 0.2) is 0 Å². The highest BCUT2D eigenvalue weighted by Crippen LogP contribution is 2.13. The van der Waals surface area contributed by atoms with Crippen molar-refractivity contribution in [3.8, 4) is 0 Å². The smallest absolute Gasteiger partial charge is 0.238 e. The van der Waals surface area contributed by atoms with Crippen LogP contribution in [0.2, 0.25) is 5.02 Å². The van der Waals surface area contributed by atoms with Crippen molar-refractivity contribution in [2.75, 3.05) is 25.0 Å². The Kier molecular flexibility index (Phi) is 4.33. The number of halogens is 1. The van der Waals surface area contributed by atoms with E-state index in [0.29, 0.717) is 37.5 Å². The summed E-state index contributed by atoms with van der Waals surface area (Å²) in [4.78, 5) is 24.8. The number of Topliss-reactive ketones (excluding diaryl/α,β-unsaturated/α-hetero) is 1. The summed E-state index contributed by atoms with van der Waals surface area (Å²) in [6, 6.07) is 6.99. The molecule has 5 heteroatoms. The van der Waals surface area contributed by atoms with Gasteiger partial charge in [-0.05, 0) is 24.3 Å². The van der Waals surface area contributed by atoms with Gasteiger partial charge in [-0.25, -0.2) is 0 Å². The van der Waals surface area contributed by atoms with Gasteiger partial charge in [0.1, 0.15) is 5.78 Å². The summed E-state index contributed by atoms with van der Waals surface area (Å²) in [5, 5.41) is 3.44. The van der Waals surface area contributed by atoms with Crippen LogP contribution in [-0.4, -0.2) is 36.2 Å². The van der Waals surface area contributed by atoms with E-state index in [1.54, 1.807) is 24.3 Å². The molecule has 0 bridgehead atoms. The molecular formula is C13H15ClN2O2. The van der Waals surface area contributed by atoms with E-state index < -0.39 is 0 Å². The Morgan fingerprint density at radius 1 is 1.22 bits per heavy atom. The van der Waals surface area contributed by atoms with Crippen LogP contribution in [-0.2, 0) is 9.59 Å². The van der Waals surface area contributed by atoms with Crippen molar-refractivity contribution >= 4 is 29.0 Å². The van der Waals surface area contributed by atoms with Crippen LogP contribution >= 0.6 is 11.6 Å². The number of hydrogen-bond acceptors (Lipinski definition) is 3. The molecule has 1 N–H and O–H groups in total. The highest BCUT2D eigenvalue weighted by molar-refractivity contribution is 6.30. The molecule has 4 nitrogen and oxygen atoms in total. The lowest BCUT2D eigenvalue weighted by Gasteiger charge is -2.24. The van der Waals surface area contributed by atoms with E-state index >= 15 is 0 Å². The zero-order valence-corrected chi connectivity index (χ0v) is 10.7. The number of ketones is 1. The van der Waals surface area contributed by atoms with E-state index in [9.17, 15) is 9.59 Å². The molecule has 18 heavy (non-hydrogen) atoms. The quantitative estimate of drug-likeness (QED) is 0.910. The Morgan fingerprint density at radius 3 is 2.44 bits per heavy atom. The molecule has 0 spiro atoms. The fourth-order valence-corrected chi connectivity index (χ4v) is 2.02. The maximum Gasteiger partial charge on any atom is 0.238 e. The molecule has 1 amide bonds. The number of nitrogens with one attached hydrogen (secondary N) is 1. The summed E-state index contributed by atoms with van der Waals surface area (Å²) in [5.74, 6) is 0.219. The van der Waals surface area contributed by atoms with Gasteiger partial charge < -0.3 is 5.32 Å². The molecule has 1 saturated heterocycles. The molecule has 1 aromatic rings. The van der Waals surface area contributed by atoms with E-state index in [0.717, 1.165) is 5.69 Å². The summed E-state index contributed by atoms with van der Waals surface area (Å²) in [6.45, 7) is 1.68. The van der Waals surface area contributed by atoms with Crippen molar-refractivity contribution in [1.82, 2.24) is 4.90 Å². The average molecular weight is 267 g/mol. The summed E-state index contributed by atoms with van der Waals surface area (Å²) >= 11 is 5.76. The molecule has 0 saturated carbocycles. The third-order valence-electron chi connectivity index (χ3n) is 2.91. The SMILES string of the molecule is O=C1CCN(CC(=O)Nc2ccc(Cl)cc2)CC1. The molecule has 0 aromatic heterocycles. The molecular weight excluding hydrogens is 252 g/mol.